The summed E-state index contributed by atoms with van der Waals surface area (Å²) in [5.41, 5.74) is 6.58. The highest BCUT2D eigenvalue weighted by Crippen LogP contribution is 2.30. The first-order valence-corrected chi connectivity index (χ1v) is 8.36. The zero-order valence-electron chi connectivity index (χ0n) is 14.1. The van der Waals surface area contributed by atoms with Crippen LogP contribution in [-0.2, 0) is 9.59 Å². The van der Waals surface area contributed by atoms with E-state index in [1.54, 1.807) is 30.3 Å². The summed E-state index contributed by atoms with van der Waals surface area (Å²) in [4.78, 5) is 35.5. The first-order chi connectivity index (χ1) is 12.6. The maximum atomic E-state index is 12.0. The number of rotatable bonds is 5. The predicted octanol–water partition coefficient (Wildman–Crippen LogP) is 2.51. The van der Waals surface area contributed by atoms with Crippen molar-refractivity contribution in [2.24, 2.45) is 5.92 Å². The van der Waals surface area contributed by atoms with E-state index >= 15 is 0 Å². The van der Waals surface area contributed by atoms with E-state index in [-0.39, 0.29) is 11.8 Å². The minimum absolute atomic E-state index is 0.0136. The van der Waals surface area contributed by atoms with E-state index in [0.717, 1.165) is 18.4 Å². The van der Waals surface area contributed by atoms with Gasteiger partial charge in [0.15, 0.2) is 0 Å². The predicted molar refractivity (Wildman–Crippen MR) is 98.9 cm³/mol. The molecule has 0 aromatic heterocycles. The average Bonchev–Trinajstić information content (AvgIpc) is 3.51. The number of amides is 3. The lowest BCUT2D eigenvalue weighted by Crippen LogP contribution is -2.40. The van der Waals surface area contributed by atoms with Gasteiger partial charge in [-0.15, -0.1) is 0 Å². The van der Waals surface area contributed by atoms with Gasteiger partial charge in [-0.05, 0) is 48.7 Å². The van der Waals surface area contributed by atoms with Gasteiger partial charge in [-0.25, -0.2) is 0 Å². The van der Waals surface area contributed by atoms with Gasteiger partial charge in [0.05, 0.1) is 0 Å². The zero-order valence-corrected chi connectivity index (χ0v) is 14.1. The SMILES string of the molecule is O=C(/C=C/c1ccccc1)NNC(=O)c1ccc(NC(=O)C2CC2)cc1. The van der Waals surface area contributed by atoms with E-state index in [2.05, 4.69) is 16.2 Å². The Bertz CT molecular complexity index is 825. The molecule has 0 bridgehead atoms. The first-order valence-electron chi connectivity index (χ1n) is 8.36. The standard InChI is InChI=1S/C20H19N3O3/c24-18(13-6-14-4-2-1-3-5-14)22-23-20(26)16-9-11-17(12-10-16)21-19(25)15-7-8-15/h1-6,9-13,15H,7-8H2,(H,21,25)(H,22,24)(H,23,26)/b13-6+. The van der Waals surface area contributed by atoms with Gasteiger partial charge in [0.1, 0.15) is 0 Å². The summed E-state index contributed by atoms with van der Waals surface area (Å²) in [7, 11) is 0. The quantitative estimate of drug-likeness (QED) is 0.572. The van der Waals surface area contributed by atoms with Gasteiger partial charge in [-0.1, -0.05) is 30.3 Å². The van der Waals surface area contributed by atoms with Crippen molar-refractivity contribution in [3.05, 3.63) is 71.8 Å². The summed E-state index contributed by atoms with van der Waals surface area (Å²) in [5, 5.41) is 2.80. The monoisotopic (exact) mass is 349 g/mol. The van der Waals surface area contributed by atoms with Crippen LogP contribution in [0.2, 0.25) is 0 Å². The third-order valence-corrected chi connectivity index (χ3v) is 3.89. The van der Waals surface area contributed by atoms with Gasteiger partial charge in [0.25, 0.3) is 11.8 Å². The highest BCUT2D eigenvalue weighted by Gasteiger charge is 2.29. The molecule has 0 saturated heterocycles. The summed E-state index contributed by atoms with van der Waals surface area (Å²) in [6.45, 7) is 0. The summed E-state index contributed by atoms with van der Waals surface area (Å²) < 4.78 is 0. The van der Waals surface area contributed by atoms with Crippen molar-refractivity contribution in [2.75, 3.05) is 5.32 Å². The molecule has 1 aliphatic rings. The fraction of sp³-hybridized carbons (Fsp3) is 0.150. The van der Waals surface area contributed by atoms with E-state index in [9.17, 15) is 14.4 Å². The molecule has 0 aliphatic heterocycles. The van der Waals surface area contributed by atoms with Gasteiger partial charge < -0.3 is 5.32 Å². The molecule has 0 radical (unpaired) electrons. The van der Waals surface area contributed by atoms with Crippen LogP contribution in [0.15, 0.2) is 60.7 Å². The summed E-state index contributed by atoms with van der Waals surface area (Å²) in [5.74, 6) is -0.737. The zero-order chi connectivity index (χ0) is 18.4. The molecular formula is C20H19N3O3. The molecule has 132 valence electrons. The molecule has 2 aromatic carbocycles. The van der Waals surface area contributed by atoms with E-state index in [1.807, 2.05) is 30.3 Å². The second-order valence-corrected chi connectivity index (χ2v) is 6.03. The van der Waals surface area contributed by atoms with Gasteiger partial charge in [-0.3, -0.25) is 25.2 Å². The maximum Gasteiger partial charge on any atom is 0.269 e. The van der Waals surface area contributed by atoms with Crippen LogP contribution in [0, 0.1) is 5.92 Å². The van der Waals surface area contributed by atoms with Gasteiger partial charge in [-0.2, -0.15) is 0 Å². The van der Waals surface area contributed by atoms with Crippen LogP contribution in [0.1, 0.15) is 28.8 Å². The lowest BCUT2D eigenvalue weighted by molar-refractivity contribution is -0.118. The molecule has 6 nitrogen and oxygen atoms in total. The molecular weight excluding hydrogens is 330 g/mol. The van der Waals surface area contributed by atoms with E-state index in [1.165, 1.54) is 6.08 Å². The molecule has 3 amide bonds. The summed E-state index contributed by atoms with van der Waals surface area (Å²) >= 11 is 0. The van der Waals surface area contributed by atoms with Crippen LogP contribution in [-0.4, -0.2) is 17.7 Å². The number of carbonyl (C=O) groups excluding carboxylic acids is 3. The molecule has 0 spiro atoms. The smallest absolute Gasteiger partial charge is 0.269 e. The fourth-order valence-corrected chi connectivity index (χ4v) is 2.26. The molecule has 0 unspecified atom stereocenters. The Balaban J connectivity index is 1.47. The number of hydrazine groups is 1. The largest absolute Gasteiger partial charge is 0.326 e. The van der Waals surface area contributed by atoms with Crippen LogP contribution >= 0.6 is 0 Å². The highest BCUT2D eigenvalue weighted by atomic mass is 16.2. The van der Waals surface area contributed by atoms with Crippen LogP contribution < -0.4 is 16.2 Å². The molecule has 0 atom stereocenters. The Kier molecular flexibility index (Phi) is 5.43. The number of nitrogens with one attached hydrogen (secondary N) is 3. The minimum Gasteiger partial charge on any atom is -0.326 e. The van der Waals surface area contributed by atoms with Crippen molar-refractivity contribution in [3.63, 3.8) is 0 Å². The van der Waals surface area contributed by atoms with Gasteiger partial charge in [0.2, 0.25) is 5.91 Å². The highest BCUT2D eigenvalue weighted by molar-refractivity contribution is 5.99. The second kappa shape index (κ2) is 8.11. The Morgan fingerprint density at radius 3 is 2.23 bits per heavy atom. The normalized spacial score (nSPS) is 13.2. The van der Waals surface area contributed by atoms with Crippen LogP contribution in [0.4, 0.5) is 5.69 Å². The van der Waals surface area contributed by atoms with Crippen molar-refractivity contribution in [1.29, 1.82) is 0 Å². The Morgan fingerprint density at radius 2 is 1.58 bits per heavy atom. The molecule has 3 rings (SSSR count). The maximum absolute atomic E-state index is 12.0. The molecule has 26 heavy (non-hydrogen) atoms. The molecule has 1 aliphatic carbocycles. The van der Waals surface area contributed by atoms with E-state index in [4.69, 9.17) is 0 Å². The Labute approximate surface area is 151 Å². The lowest BCUT2D eigenvalue weighted by atomic mass is 10.2. The first kappa shape index (κ1) is 17.4. The molecule has 6 heteroatoms. The molecule has 1 saturated carbocycles. The summed E-state index contributed by atoms with van der Waals surface area (Å²) in [6.07, 6.45) is 4.86. The van der Waals surface area contributed by atoms with Crippen molar-refractivity contribution in [3.8, 4) is 0 Å². The van der Waals surface area contributed by atoms with Crippen molar-refractivity contribution in [2.45, 2.75) is 12.8 Å². The molecule has 2 aromatic rings. The third kappa shape index (κ3) is 5.04. The average molecular weight is 349 g/mol. The number of carbonyl (C=O) groups is 3. The minimum atomic E-state index is -0.438. The van der Waals surface area contributed by atoms with Gasteiger partial charge in [0, 0.05) is 23.2 Å². The molecule has 0 heterocycles. The molecule has 3 N–H and O–H groups in total. The Morgan fingerprint density at radius 1 is 0.885 bits per heavy atom. The number of hydrogen-bond acceptors (Lipinski definition) is 3. The van der Waals surface area contributed by atoms with Crippen LogP contribution in [0.25, 0.3) is 6.08 Å². The topological polar surface area (TPSA) is 87.3 Å². The number of benzene rings is 2. The van der Waals surface area contributed by atoms with E-state index < -0.39 is 11.8 Å². The van der Waals surface area contributed by atoms with Crippen molar-refractivity contribution < 1.29 is 14.4 Å². The van der Waals surface area contributed by atoms with Crippen molar-refractivity contribution >= 4 is 29.5 Å². The molecule has 1 fully saturated rings. The summed E-state index contributed by atoms with van der Waals surface area (Å²) in [6, 6.07) is 15.9. The fourth-order valence-electron chi connectivity index (χ4n) is 2.26. The van der Waals surface area contributed by atoms with Crippen LogP contribution in [0.5, 0.6) is 0 Å². The number of anilines is 1. The third-order valence-electron chi connectivity index (χ3n) is 3.89. The Hall–Kier alpha value is -3.41. The second-order valence-electron chi connectivity index (χ2n) is 6.03. The number of hydrogen-bond donors (Lipinski definition) is 3. The van der Waals surface area contributed by atoms with E-state index in [0.29, 0.717) is 11.3 Å². The van der Waals surface area contributed by atoms with Gasteiger partial charge >= 0.3 is 0 Å². The van der Waals surface area contributed by atoms with Crippen LogP contribution in [0.3, 0.4) is 0 Å². The van der Waals surface area contributed by atoms with Crippen molar-refractivity contribution in [1.82, 2.24) is 10.9 Å². The lowest BCUT2D eigenvalue weighted by Gasteiger charge is -2.07.